The number of nitrogens with one attached hydrogen (secondary N) is 1. The lowest BCUT2D eigenvalue weighted by Gasteiger charge is -2.25. The largest absolute Gasteiger partial charge is 0.313 e. The Balaban J connectivity index is 1.78. The number of aromatic nitrogens is 1. The Hall–Kier alpha value is -0.930. The van der Waals surface area contributed by atoms with E-state index in [1.54, 1.807) is 0 Å². The maximum Gasteiger partial charge on any atom is 0.0300 e. The van der Waals surface area contributed by atoms with Gasteiger partial charge < -0.3 is 10.2 Å². The molecule has 100 valence electrons. The highest BCUT2D eigenvalue weighted by molar-refractivity contribution is 5.08. The van der Waals surface area contributed by atoms with Gasteiger partial charge in [-0.2, -0.15) is 0 Å². The molecule has 1 aromatic heterocycles. The monoisotopic (exact) mass is 247 g/mol. The zero-order valence-corrected chi connectivity index (χ0v) is 11.4. The highest BCUT2D eigenvalue weighted by atomic mass is 15.1. The van der Waals surface area contributed by atoms with E-state index in [2.05, 4.69) is 28.2 Å². The summed E-state index contributed by atoms with van der Waals surface area (Å²) in [5, 5.41) is 3.59. The third kappa shape index (κ3) is 4.39. The number of pyridine rings is 1. The Morgan fingerprint density at radius 3 is 3.06 bits per heavy atom. The van der Waals surface area contributed by atoms with Gasteiger partial charge in [-0.1, -0.05) is 13.0 Å². The van der Waals surface area contributed by atoms with Crippen LogP contribution in [0.5, 0.6) is 0 Å². The zero-order chi connectivity index (χ0) is 12.6. The van der Waals surface area contributed by atoms with Crippen LogP contribution in [0.1, 0.15) is 31.7 Å². The normalized spacial score (nSPS) is 19.6. The predicted molar refractivity (Wildman–Crippen MR) is 75.7 cm³/mol. The van der Waals surface area contributed by atoms with Crippen LogP contribution in [-0.4, -0.2) is 42.1 Å². The van der Waals surface area contributed by atoms with Crippen LogP contribution in [0.2, 0.25) is 0 Å². The van der Waals surface area contributed by atoms with Gasteiger partial charge in [0.1, 0.15) is 0 Å². The number of hydrogen-bond donors (Lipinski definition) is 1. The minimum Gasteiger partial charge on any atom is -0.313 e. The minimum absolute atomic E-state index is 0.713. The van der Waals surface area contributed by atoms with Gasteiger partial charge in [0.25, 0.3) is 0 Å². The van der Waals surface area contributed by atoms with Gasteiger partial charge in [-0.15, -0.1) is 0 Å². The van der Waals surface area contributed by atoms with Gasteiger partial charge in [0, 0.05) is 31.5 Å². The SMILES string of the molecule is CCCN(CCc1cccnc1)CC1CCCN1. The van der Waals surface area contributed by atoms with Crippen molar-refractivity contribution >= 4 is 0 Å². The van der Waals surface area contributed by atoms with Crippen molar-refractivity contribution in [1.29, 1.82) is 0 Å². The molecule has 1 N–H and O–H groups in total. The number of rotatable bonds is 7. The van der Waals surface area contributed by atoms with Gasteiger partial charge in [-0.25, -0.2) is 0 Å². The second-order valence-electron chi connectivity index (χ2n) is 5.21. The smallest absolute Gasteiger partial charge is 0.0300 e. The molecule has 0 aliphatic carbocycles. The van der Waals surface area contributed by atoms with Crippen molar-refractivity contribution in [3.63, 3.8) is 0 Å². The van der Waals surface area contributed by atoms with E-state index in [1.807, 2.05) is 18.5 Å². The molecule has 1 aliphatic rings. The Labute approximate surface area is 111 Å². The second-order valence-corrected chi connectivity index (χ2v) is 5.21. The summed E-state index contributed by atoms with van der Waals surface area (Å²) in [6.07, 6.45) is 8.86. The summed E-state index contributed by atoms with van der Waals surface area (Å²) in [7, 11) is 0. The Kier molecular flexibility index (Phi) is 5.62. The van der Waals surface area contributed by atoms with Crippen molar-refractivity contribution in [2.24, 2.45) is 0 Å². The number of nitrogens with zero attached hydrogens (tertiary/aromatic N) is 2. The van der Waals surface area contributed by atoms with E-state index in [0.717, 1.165) is 13.0 Å². The van der Waals surface area contributed by atoms with Crippen molar-refractivity contribution in [1.82, 2.24) is 15.2 Å². The average molecular weight is 247 g/mol. The van der Waals surface area contributed by atoms with Crippen LogP contribution < -0.4 is 5.32 Å². The summed E-state index contributed by atoms with van der Waals surface area (Å²) in [5.41, 5.74) is 1.35. The summed E-state index contributed by atoms with van der Waals surface area (Å²) in [5.74, 6) is 0. The van der Waals surface area contributed by atoms with Gasteiger partial charge in [0.05, 0.1) is 0 Å². The minimum atomic E-state index is 0.713. The summed E-state index contributed by atoms with van der Waals surface area (Å²) < 4.78 is 0. The van der Waals surface area contributed by atoms with E-state index in [0.29, 0.717) is 6.04 Å². The van der Waals surface area contributed by atoms with Crippen molar-refractivity contribution < 1.29 is 0 Å². The lowest BCUT2D eigenvalue weighted by atomic mass is 10.1. The molecule has 0 aromatic carbocycles. The quantitative estimate of drug-likeness (QED) is 0.799. The van der Waals surface area contributed by atoms with Gasteiger partial charge in [0.2, 0.25) is 0 Å². The van der Waals surface area contributed by atoms with Crippen LogP contribution in [0.15, 0.2) is 24.5 Å². The third-order valence-corrected chi connectivity index (χ3v) is 3.62. The Morgan fingerprint density at radius 2 is 2.39 bits per heavy atom. The van der Waals surface area contributed by atoms with E-state index < -0.39 is 0 Å². The van der Waals surface area contributed by atoms with E-state index in [9.17, 15) is 0 Å². The fourth-order valence-corrected chi connectivity index (χ4v) is 2.67. The molecule has 1 unspecified atom stereocenters. The van der Waals surface area contributed by atoms with Crippen molar-refractivity contribution in [3.8, 4) is 0 Å². The highest BCUT2D eigenvalue weighted by Crippen LogP contribution is 2.08. The molecule has 2 heterocycles. The molecule has 0 saturated carbocycles. The molecule has 0 amide bonds. The van der Waals surface area contributed by atoms with Gasteiger partial charge in [-0.3, -0.25) is 4.98 Å². The van der Waals surface area contributed by atoms with E-state index in [1.165, 1.54) is 44.5 Å². The van der Waals surface area contributed by atoms with Crippen LogP contribution in [0.25, 0.3) is 0 Å². The first-order valence-corrected chi connectivity index (χ1v) is 7.23. The van der Waals surface area contributed by atoms with Crippen LogP contribution in [0, 0.1) is 0 Å². The lowest BCUT2D eigenvalue weighted by Crippen LogP contribution is -2.39. The maximum absolute atomic E-state index is 4.18. The Morgan fingerprint density at radius 1 is 1.44 bits per heavy atom. The predicted octanol–water partition coefficient (Wildman–Crippen LogP) is 2.09. The van der Waals surface area contributed by atoms with Gasteiger partial charge in [-0.05, 0) is 50.4 Å². The second kappa shape index (κ2) is 7.49. The summed E-state index contributed by atoms with van der Waals surface area (Å²) >= 11 is 0. The van der Waals surface area contributed by atoms with Crippen molar-refractivity contribution in [2.75, 3.05) is 26.2 Å². The van der Waals surface area contributed by atoms with Crippen molar-refractivity contribution in [3.05, 3.63) is 30.1 Å². The maximum atomic E-state index is 4.18. The fraction of sp³-hybridized carbons (Fsp3) is 0.667. The summed E-state index contributed by atoms with van der Waals surface area (Å²) in [4.78, 5) is 6.77. The molecule has 1 saturated heterocycles. The molecule has 3 nitrogen and oxygen atoms in total. The fourth-order valence-electron chi connectivity index (χ4n) is 2.67. The molecule has 18 heavy (non-hydrogen) atoms. The van der Waals surface area contributed by atoms with Crippen molar-refractivity contribution in [2.45, 2.75) is 38.6 Å². The summed E-state index contributed by atoms with van der Waals surface area (Å²) in [6, 6.07) is 4.91. The molecule has 3 heteroatoms. The van der Waals surface area contributed by atoms with Gasteiger partial charge >= 0.3 is 0 Å². The van der Waals surface area contributed by atoms with E-state index in [4.69, 9.17) is 0 Å². The molecule has 1 atom stereocenters. The summed E-state index contributed by atoms with van der Waals surface area (Å²) in [6.45, 7) is 7.02. The Bertz CT molecular complexity index is 320. The van der Waals surface area contributed by atoms with Crippen LogP contribution in [-0.2, 0) is 6.42 Å². The molecule has 1 fully saturated rings. The first-order chi connectivity index (χ1) is 8.88. The molecule has 2 rings (SSSR count). The highest BCUT2D eigenvalue weighted by Gasteiger charge is 2.17. The zero-order valence-electron chi connectivity index (χ0n) is 11.4. The first-order valence-electron chi connectivity index (χ1n) is 7.23. The molecule has 0 spiro atoms. The van der Waals surface area contributed by atoms with E-state index >= 15 is 0 Å². The first kappa shape index (κ1) is 13.5. The molecule has 0 bridgehead atoms. The van der Waals surface area contributed by atoms with Crippen LogP contribution in [0.3, 0.4) is 0 Å². The van der Waals surface area contributed by atoms with Crippen LogP contribution in [0.4, 0.5) is 0 Å². The molecule has 1 aliphatic heterocycles. The average Bonchev–Trinajstić information content (AvgIpc) is 2.90. The molecular weight excluding hydrogens is 222 g/mol. The third-order valence-electron chi connectivity index (χ3n) is 3.62. The van der Waals surface area contributed by atoms with Gasteiger partial charge in [0.15, 0.2) is 0 Å². The topological polar surface area (TPSA) is 28.2 Å². The van der Waals surface area contributed by atoms with E-state index in [-0.39, 0.29) is 0 Å². The molecule has 0 radical (unpaired) electrons. The standard InChI is InChI=1S/C15H25N3/c1-2-10-18(13-15-6-4-9-17-15)11-7-14-5-3-8-16-12-14/h3,5,8,12,15,17H,2,4,6-7,9-11,13H2,1H3. The number of hydrogen-bond acceptors (Lipinski definition) is 3. The molecule has 1 aromatic rings. The van der Waals surface area contributed by atoms with Crippen LogP contribution >= 0.6 is 0 Å². The lowest BCUT2D eigenvalue weighted by molar-refractivity contribution is 0.252. The molecular formula is C15H25N3.